The number of rotatable bonds is 7. The predicted octanol–water partition coefficient (Wildman–Crippen LogP) is 4.80. The number of hydrogen-bond acceptors (Lipinski definition) is 6. The normalized spacial score (nSPS) is 11.0. The smallest absolute Gasteiger partial charge is 0.273 e. The number of carbonyl (C=O) groups is 1. The summed E-state index contributed by atoms with van der Waals surface area (Å²) < 4.78 is 19.6. The van der Waals surface area contributed by atoms with Gasteiger partial charge in [0.25, 0.3) is 5.56 Å². The molecule has 1 amide bonds. The van der Waals surface area contributed by atoms with Gasteiger partial charge >= 0.3 is 0 Å². The third kappa shape index (κ3) is 4.67. The Labute approximate surface area is 186 Å². The molecule has 0 atom stereocenters. The number of thioether (sulfide) groups is 1. The maximum absolute atomic E-state index is 13.1. The van der Waals surface area contributed by atoms with Crippen LogP contribution in [0.3, 0.4) is 0 Å². The van der Waals surface area contributed by atoms with Crippen LogP contribution in [0.5, 0.6) is 0 Å². The lowest BCUT2D eigenvalue weighted by atomic mass is 10.1. The molecule has 1 N–H and O–H groups in total. The van der Waals surface area contributed by atoms with Gasteiger partial charge in [-0.2, -0.15) is 4.37 Å². The number of fused-ring (bicyclic) bond motifs is 1. The highest BCUT2D eigenvalue weighted by Crippen LogP contribution is 2.29. The van der Waals surface area contributed by atoms with Crippen molar-refractivity contribution in [3.63, 3.8) is 0 Å². The third-order valence-corrected chi connectivity index (χ3v) is 6.30. The first-order chi connectivity index (χ1) is 15.1. The van der Waals surface area contributed by atoms with E-state index in [1.165, 1.54) is 36.0 Å². The van der Waals surface area contributed by atoms with Crippen LogP contribution in [0.2, 0.25) is 0 Å². The fourth-order valence-electron chi connectivity index (χ4n) is 3.07. The molecule has 9 heteroatoms. The van der Waals surface area contributed by atoms with Crippen LogP contribution >= 0.6 is 23.3 Å². The molecular formula is C22H19FN4O2S2. The molecule has 0 saturated carbocycles. The van der Waals surface area contributed by atoms with Crippen molar-refractivity contribution >= 4 is 45.1 Å². The lowest BCUT2D eigenvalue weighted by Gasteiger charge is -2.11. The van der Waals surface area contributed by atoms with Crippen molar-refractivity contribution in [2.45, 2.75) is 25.0 Å². The Morgan fingerprint density at radius 3 is 2.61 bits per heavy atom. The predicted molar refractivity (Wildman–Crippen MR) is 123 cm³/mol. The maximum Gasteiger partial charge on any atom is 0.273 e. The lowest BCUT2D eigenvalue weighted by molar-refractivity contribution is -0.113. The number of nitrogens with one attached hydrogen (secondary N) is 1. The van der Waals surface area contributed by atoms with Crippen molar-refractivity contribution < 1.29 is 9.18 Å². The van der Waals surface area contributed by atoms with Crippen LogP contribution in [0.1, 0.15) is 13.3 Å². The molecule has 0 spiro atoms. The molecule has 0 aliphatic carbocycles. The Bertz CT molecular complexity index is 1270. The highest BCUT2D eigenvalue weighted by atomic mass is 32.2. The second-order valence-electron chi connectivity index (χ2n) is 6.77. The number of hydrogen-bond donors (Lipinski definition) is 1. The first-order valence-corrected chi connectivity index (χ1v) is 11.5. The number of carbonyl (C=O) groups excluding carboxylic acids is 1. The van der Waals surface area contributed by atoms with Crippen molar-refractivity contribution in [2.24, 2.45) is 0 Å². The van der Waals surface area contributed by atoms with Crippen molar-refractivity contribution in [1.82, 2.24) is 13.9 Å². The summed E-state index contributed by atoms with van der Waals surface area (Å²) in [5, 5.41) is 3.20. The van der Waals surface area contributed by atoms with Crippen LogP contribution in [0.15, 0.2) is 64.5 Å². The van der Waals surface area contributed by atoms with Gasteiger partial charge in [-0.25, -0.2) is 9.37 Å². The molecule has 0 bridgehead atoms. The van der Waals surface area contributed by atoms with Crippen molar-refractivity contribution in [1.29, 1.82) is 0 Å². The second kappa shape index (κ2) is 9.40. The van der Waals surface area contributed by atoms with E-state index in [1.807, 2.05) is 37.3 Å². The zero-order chi connectivity index (χ0) is 21.8. The summed E-state index contributed by atoms with van der Waals surface area (Å²) in [4.78, 5) is 30.2. The molecule has 4 aromatic rings. The molecule has 158 valence electrons. The molecule has 0 aliphatic rings. The number of aromatic nitrogens is 3. The molecule has 31 heavy (non-hydrogen) atoms. The van der Waals surface area contributed by atoms with E-state index in [4.69, 9.17) is 4.98 Å². The van der Waals surface area contributed by atoms with Crippen LogP contribution in [0.25, 0.3) is 21.5 Å². The number of benzene rings is 2. The topological polar surface area (TPSA) is 76.9 Å². The third-order valence-electron chi connectivity index (χ3n) is 4.50. The van der Waals surface area contributed by atoms with Gasteiger partial charge in [0.1, 0.15) is 21.7 Å². The van der Waals surface area contributed by atoms with E-state index in [1.54, 1.807) is 4.57 Å². The van der Waals surface area contributed by atoms with E-state index in [2.05, 4.69) is 9.69 Å². The number of anilines is 1. The standard InChI is InChI=1S/C22H19FN4O2S2/c1-2-12-27-21(29)20-19(18(26-31-20)14-6-4-3-5-7-14)25-22(27)30-13-17(28)24-16-10-8-15(23)9-11-16/h3-11H,2,12-13H2,1H3,(H,24,28). The summed E-state index contributed by atoms with van der Waals surface area (Å²) in [6, 6.07) is 15.2. The fraction of sp³-hybridized carbons (Fsp3) is 0.182. The Morgan fingerprint density at radius 2 is 1.90 bits per heavy atom. The minimum atomic E-state index is -0.368. The summed E-state index contributed by atoms with van der Waals surface area (Å²) in [5.74, 6) is -0.565. The summed E-state index contributed by atoms with van der Waals surface area (Å²) in [6.07, 6.45) is 0.757. The molecule has 0 aliphatic heterocycles. The quantitative estimate of drug-likeness (QED) is 0.321. The summed E-state index contributed by atoms with van der Waals surface area (Å²) >= 11 is 2.34. The van der Waals surface area contributed by atoms with Crippen LogP contribution in [-0.2, 0) is 11.3 Å². The molecule has 2 aromatic heterocycles. The molecule has 0 radical (unpaired) electrons. The first kappa shape index (κ1) is 21.2. The van der Waals surface area contributed by atoms with Gasteiger partial charge in [-0.3, -0.25) is 14.2 Å². The van der Waals surface area contributed by atoms with Gasteiger partial charge in [0.15, 0.2) is 5.16 Å². The van der Waals surface area contributed by atoms with E-state index >= 15 is 0 Å². The van der Waals surface area contributed by atoms with E-state index in [0.29, 0.717) is 33.3 Å². The number of amides is 1. The average molecular weight is 455 g/mol. The van der Waals surface area contributed by atoms with Crippen LogP contribution < -0.4 is 10.9 Å². The van der Waals surface area contributed by atoms with Crippen molar-refractivity contribution in [3.8, 4) is 11.3 Å². The Balaban J connectivity index is 1.63. The van der Waals surface area contributed by atoms with Gasteiger partial charge in [0, 0.05) is 17.8 Å². The molecule has 0 unspecified atom stereocenters. The van der Waals surface area contributed by atoms with E-state index in [-0.39, 0.29) is 23.0 Å². The van der Waals surface area contributed by atoms with Gasteiger partial charge in [-0.1, -0.05) is 49.0 Å². The zero-order valence-electron chi connectivity index (χ0n) is 16.7. The van der Waals surface area contributed by atoms with Crippen LogP contribution in [0, 0.1) is 5.82 Å². The molecule has 2 aromatic carbocycles. The fourth-order valence-corrected chi connectivity index (χ4v) is 4.68. The van der Waals surface area contributed by atoms with Gasteiger partial charge in [0.2, 0.25) is 5.91 Å². The minimum absolute atomic E-state index is 0.0667. The highest BCUT2D eigenvalue weighted by Gasteiger charge is 2.18. The largest absolute Gasteiger partial charge is 0.325 e. The molecule has 6 nitrogen and oxygen atoms in total. The zero-order valence-corrected chi connectivity index (χ0v) is 18.3. The Morgan fingerprint density at radius 1 is 1.16 bits per heavy atom. The molecule has 0 saturated heterocycles. The van der Waals surface area contributed by atoms with Gasteiger partial charge < -0.3 is 5.32 Å². The van der Waals surface area contributed by atoms with Gasteiger partial charge in [-0.05, 0) is 42.2 Å². The number of nitrogens with zero attached hydrogens (tertiary/aromatic N) is 3. The summed E-state index contributed by atoms with van der Waals surface area (Å²) in [5.41, 5.74) is 2.47. The van der Waals surface area contributed by atoms with Crippen molar-refractivity contribution in [2.75, 3.05) is 11.1 Å². The molecule has 2 heterocycles. The van der Waals surface area contributed by atoms with Crippen molar-refractivity contribution in [3.05, 3.63) is 70.8 Å². The first-order valence-electron chi connectivity index (χ1n) is 9.70. The summed E-state index contributed by atoms with van der Waals surface area (Å²) in [6.45, 7) is 2.48. The molecular weight excluding hydrogens is 435 g/mol. The summed E-state index contributed by atoms with van der Waals surface area (Å²) in [7, 11) is 0. The van der Waals surface area contributed by atoms with E-state index in [9.17, 15) is 14.0 Å². The maximum atomic E-state index is 13.1. The lowest BCUT2D eigenvalue weighted by Crippen LogP contribution is -2.23. The van der Waals surface area contributed by atoms with Crippen LogP contribution in [0.4, 0.5) is 10.1 Å². The Kier molecular flexibility index (Phi) is 6.43. The van der Waals surface area contributed by atoms with Gasteiger partial charge in [-0.15, -0.1) is 0 Å². The average Bonchev–Trinajstić information content (AvgIpc) is 3.21. The minimum Gasteiger partial charge on any atom is -0.325 e. The van der Waals surface area contributed by atoms with E-state index in [0.717, 1.165) is 23.5 Å². The molecule has 0 fully saturated rings. The number of halogens is 1. The van der Waals surface area contributed by atoms with E-state index < -0.39 is 0 Å². The van der Waals surface area contributed by atoms with Gasteiger partial charge in [0.05, 0.1) is 5.75 Å². The second-order valence-corrected chi connectivity index (χ2v) is 8.49. The SMILES string of the molecule is CCCn1c(SCC(=O)Nc2ccc(F)cc2)nc2c(-c3ccccc3)nsc2c1=O. The molecule has 4 rings (SSSR count). The highest BCUT2D eigenvalue weighted by molar-refractivity contribution is 7.99. The monoisotopic (exact) mass is 454 g/mol. The Hall–Kier alpha value is -3.04. The van der Waals surface area contributed by atoms with Crippen LogP contribution in [-0.4, -0.2) is 25.6 Å².